The number of pyridine rings is 4. The van der Waals surface area contributed by atoms with Crippen LogP contribution in [0.2, 0.25) is 11.8 Å². The maximum Gasteiger partial charge on any atom is 0.439 e. The Hall–Kier alpha value is -10.7. The zero-order valence-electron chi connectivity index (χ0n) is 55.8. The van der Waals surface area contributed by atoms with Crippen molar-refractivity contribution in [2.75, 3.05) is 4.81 Å². The number of nitrogens with one attached hydrogen (secondary N) is 1. The number of hydrogen-bond acceptors (Lipinski definition) is 17. The summed E-state index contributed by atoms with van der Waals surface area (Å²) in [5.41, 5.74) is 7.36. The number of aromatic nitrogens is 6. The number of H-pyrrole nitrogens is 1. The lowest BCUT2D eigenvalue weighted by molar-refractivity contribution is -0.138. The predicted octanol–water partition coefficient (Wildman–Crippen LogP) is 16.0. The second-order valence-corrected chi connectivity index (χ2v) is 23.2. The summed E-state index contributed by atoms with van der Waals surface area (Å²) in [4.78, 5) is 31.7. The first-order chi connectivity index (χ1) is 47.7. The summed E-state index contributed by atoms with van der Waals surface area (Å²) in [5.74, 6) is 0.559. The molecule has 0 spiro atoms. The van der Waals surface area contributed by atoms with Crippen molar-refractivity contribution in [3.8, 4) is 40.8 Å². The second kappa shape index (κ2) is 36.6. The van der Waals surface area contributed by atoms with E-state index in [4.69, 9.17) is 41.9 Å². The maximum absolute atomic E-state index is 12.7. The molecular formula is C69H67BClF12N11O8. The van der Waals surface area contributed by atoms with Gasteiger partial charge in [0.05, 0.1) is 73.8 Å². The van der Waals surface area contributed by atoms with Gasteiger partial charge in [0.2, 0.25) is 0 Å². The van der Waals surface area contributed by atoms with Crippen molar-refractivity contribution in [3.63, 3.8) is 0 Å². The number of rotatable bonds is 17. The molecule has 0 unspecified atom stereocenters. The summed E-state index contributed by atoms with van der Waals surface area (Å²) in [6, 6.07) is 28.7. The van der Waals surface area contributed by atoms with Crippen molar-refractivity contribution in [1.29, 1.82) is 10.5 Å². The third kappa shape index (κ3) is 24.6. The fraction of sp³-hybridized carbons (Fsp3) is 0.290. The van der Waals surface area contributed by atoms with Crippen molar-refractivity contribution >= 4 is 36.0 Å². The van der Waals surface area contributed by atoms with Crippen LogP contribution in [-0.2, 0) is 44.0 Å². The van der Waals surface area contributed by atoms with Gasteiger partial charge in [-0.15, -0.1) is 0 Å². The summed E-state index contributed by atoms with van der Waals surface area (Å²) in [6.45, 7) is 15.9. The fourth-order valence-corrected chi connectivity index (χ4v) is 9.19. The van der Waals surface area contributed by atoms with Crippen LogP contribution in [0.3, 0.4) is 0 Å². The molecule has 19 nitrogen and oxygen atoms in total. The van der Waals surface area contributed by atoms with Gasteiger partial charge in [0.1, 0.15) is 46.3 Å². The van der Waals surface area contributed by atoms with Crippen LogP contribution >= 0.6 is 11.6 Å². The highest BCUT2D eigenvalue weighted by Crippen LogP contribution is 2.38. The molecule has 0 saturated heterocycles. The summed E-state index contributed by atoms with van der Waals surface area (Å²) in [6.07, 6.45) is -11.6. The Kier molecular flexibility index (Phi) is 29.4. The molecule has 33 heteroatoms. The van der Waals surface area contributed by atoms with Crippen molar-refractivity contribution in [2.45, 2.75) is 131 Å². The van der Waals surface area contributed by atoms with Crippen LogP contribution in [0.4, 0.5) is 64.2 Å². The number of anilines is 2. The van der Waals surface area contributed by atoms with Gasteiger partial charge in [-0.1, -0.05) is 58.3 Å². The fourth-order valence-electron chi connectivity index (χ4n) is 9.00. The van der Waals surface area contributed by atoms with E-state index in [-0.39, 0.29) is 77.4 Å². The van der Waals surface area contributed by atoms with Crippen molar-refractivity contribution in [1.82, 2.24) is 30.1 Å². The monoisotopic (exact) mass is 1450 g/mol. The van der Waals surface area contributed by atoms with Crippen molar-refractivity contribution in [3.05, 3.63) is 234 Å². The van der Waals surface area contributed by atoms with Gasteiger partial charge in [0, 0.05) is 55.8 Å². The number of oxime groups is 1. The van der Waals surface area contributed by atoms with Gasteiger partial charge in [-0.2, -0.15) is 63.2 Å². The highest BCUT2D eigenvalue weighted by molar-refractivity contribution is 6.56. The van der Waals surface area contributed by atoms with Gasteiger partial charge in [0.25, 0.3) is 0 Å². The minimum atomic E-state index is -4.46. The van der Waals surface area contributed by atoms with E-state index >= 15 is 0 Å². The highest BCUT2D eigenvalue weighted by Gasteiger charge is 2.34. The zero-order valence-corrected chi connectivity index (χ0v) is 56.5. The van der Waals surface area contributed by atoms with Crippen LogP contribution < -0.4 is 30.5 Å². The highest BCUT2D eigenvalue weighted by atomic mass is 35.5. The van der Waals surface area contributed by atoms with Gasteiger partial charge in [0.15, 0.2) is 11.7 Å². The van der Waals surface area contributed by atoms with E-state index in [2.05, 4.69) is 45.8 Å². The van der Waals surface area contributed by atoms with Gasteiger partial charge in [-0.3, -0.25) is 24.5 Å². The number of aliphatic hydroxyl groups is 1. The van der Waals surface area contributed by atoms with Gasteiger partial charge in [-0.25, -0.2) is 9.78 Å². The minimum Gasteiger partial charge on any atom is -0.490 e. The average molecular weight is 1450 g/mol. The number of aliphatic hydroxyl groups excluding tert-OH is 1. The lowest BCUT2D eigenvalue weighted by Gasteiger charge is -2.26. The number of benzene rings is 4. The molecule has 0 amide bonds. The molecule has 6 N–H and O–H groups in total. The standard InChI is InChI=1S/C18H16F3N3O3.C17H18F3N3O2.C17H15F3N2O.C14H10BClF3N3O.C3H8O/c1-10(2)26-14-7-8-22-13(15(14)16-23-17(25)27-24-16)9-11-3-5-12(6-4-11)18(19,20)21;1-10(2)25-14-7-8-22-13(15(14)16(21)23-24)9-11-3-5-12(6-4-11)17(18,19)20;1-11(2)23-16-7-8-22-15(14(16)10-21)9-12-3-5-13(6-4-12)17(18,19)20;1-15(23)22(13-11(8-20)12(16)6-7-21-13)10-4-2-9(3-5-10)14(17,18)19;1-3(2)4/h3-8,10H,9H2,1-2H3,(H,23,24,25);3-8,10,24H,9H2,1-2H3,(H2,21,23);3-8,11H,9H2,1-2H3;2-7,23H,1H3;3-4H,1-2H3. The maximum atomic E-state index is 12.7. The van der Waals surface area contributed by atoms with E-state index in [0.29, 0.717) is 67.7 Å². The second-order valence-electron chi connectivity index (χ2n) is 22.8. The van der Waals surface area contributed by atoms with Crippen LogP contribution in [0.5, 0.6) is 17.2 Å². The number of alkyl halides is 12. The molecule has 5 aromatic heterocycles. The van der Waals surface area contributed by atoms with Crippen molar-refractivity contribution < 1.29 is 86.8 Å². The van der Waals surface area contributed by atoms with Gasteiger partial charge >= 0.3 is 37.5 Å². The molecule has 0 aliphatic heterocycles. The van der Waals surface area contributed by atoms with Crippen molar-refractivity contribution in [2.24, 2.45) is 10.9 Å². The SMILES string of the molecule is CB(O)N(c1ccc(C(F)(F)F)cc1)c1nccc(Cl)c1C#N.CC(C)O.CC(C)Oc1ccnc(Cc2ccc(C(F)(F)F)cc2)c1-c1noc(=O)[nH]1.CC(C)Oc1ccnc(Cc2ccc(C(F)(F)F)cc2)c1C#N.CC(C)Oc1ccnc(Cc2ccc(C(F)(F)F)cc2)c1C(N)=NO. The molecule has 0 aliphatic carbocycles. The summed E-state index contributed by atoms with van der Waals surface area (Å²) in [5, 5.41) is 52.4. The molecule has 5 heterocycles. The Morgan fingerprint density at radius 1 is 0.578 bits per heavy atom. The largest absolute Gasteiger partial charge is 0.490 e. The smallest absolute Gasteiger partial charge is 0.439 e. The predicted molar refractivity (Wildman–Crippen MR) is 355 cm³/mol. The summed E-state index contributed by atoms with van der Waals surface area (Å²) >= 11 is 5.93. The third-order valence-corrected chi connectivity index (χ3v) is 13.6. The lowest BCUT2D eigenvalue weighted by Crippen LogP contribution is -2.34. The number of amidine groups is 1. The molecule has 102 heavy (non-hydrogen) atoms. The number of nitrogens with two attached hydrogens (primary N) is 1. The van der Waals surface area contributed by atoms with E-state index in [0.717, 1.165) is 48.5 Å². The molecule has 0 fully saturated rings. The van der Waals surface area contributed by atoms with E-state index in [9.17, 15) is 73.0 Å². The zero-order chi connectivity index (χ0) is 76.0. The summed E-state index contributed by atoms with van der Waals surface area (Å²) < 4.78 is 173. The molecule has 0 saturated carbocycles. The van der Waals surface area contributed by atoms with E-state index in [1.165, 1.54) is 91.0 Å². The van der Waals surface area contributed by atoms with Crippen LogP contribution in [0.15, 0.2) is 161 Å². The average Bonchev–Trinajstić information content (AvgIpc) is 0.879. The topological polar surface area (TPSA) is 288 Å². The third-order valence-electron chi connectivity index (χ3n) is 13.2. The van der Waals surface area contributed by atoms with Crippen LogP contribution in [0, 0.1) is 22.7 Å². The molecule has 0 atom stereocenters. The molecule has 4 aromatic carbocycles. The van der Waals surface area contributed by atoms with E-state index < -0.39 is 59.8 Å². The molecule has 540 valence electrons. The van der Waals surface area contributed by atoms with Crippen LogP contribution in [0.1, 0.15) is 128 Å². The Morgan fingerprint density at radius 3 is 1.33 bits per heavy atom. The van der Waals surface area contributed by atoms with E-state index in [1.54, 1.807) is 32.0 Å². The Labute approximate surface area is 582 Å². The summed E-state index contributed by atoms with van der Waals surface area (Å²) in [7, 11) is -1.13. The Morgan fingerprint density at radius 2 is 0.941 bits per heavy atom. The number of halogens is 13. The molecular weight excluding hydrogens is 1390 g/mol. The van der Waals surface area contributed by atoms with E-state index in [1.807, 2.05) is 47.6 Å². The number of nitrogens with zero attached hydrogens (tertiary/aromatic N) is 9. The molecule has 0 radical (unpaired) electrons. The number of ether oxygens (including phenoxy) is 3. The van der Waals surface area contributed by atoms with Crippen LogP contribution in [-0.4, -0.2) is 82.7 Å². The number of nitriles is 2. The molecule has 9 aromatic rings. The molecule has 9 rings (SSSR count). The lowest BCUT2D eigenvalue weighted by atomic mass is 9.83. The molecule has 0 aliphatic rings. The first-order valence-electron chi connectivity index (χ1n) is 30.5. The Balaban J connectivity index is 0.000000241. The Bertz CT molecular complexity index is 4340. The van der Waals surface area contributed by atoms with Gasteiger partial charge in [-0.05, 0) is 164 Å². The van der Waals surface area contributed by atoms with Gasteiger partial charge < -0.3 is 40.1 Å². The minimum absolute atomic E-state index is 0.0231. The first-order valence-corrected chi connectivity index (χ1v) is 30.9. The van der Waals surface area contributed by atoms with Crippen LogP contribution in [0.25, 0.3) is 11.4 Å². The first kappa shape index (κ1) is 82.0. The number of aromatic amines is 1. The quantitative estimate of drug-likeness (QED) is 0.0141. The molecule has 0 bridgehead atoms. The number of hydrogen-bond donors (Lipinski definition) is 5. The normalized spacial score (nSPS) is 11.6.